The minimum Gasteiger partial charge on any atom is -0.258 e. The lowest BCUT2D eigenvalue weighted by molar-refractivity contribution is -0.460. The van der Waals surface area contributed by atoms with E-state index < -0.39 is 57.5 Å². The molecule has 1 rings (SSSR count). The van der Waals surface area contributed by atoms with Crippen molar-refractivity contribution in [2.24, 2.45) is 0 Å². The first-order chi connectivity index (χ1) is 10.0. The Morgan fingerprint density at radius 3 is 0.864 bits per heavy atom. The van der Waals surface area contributed by atoms with Crippen LogP contribution in [0.5, 0.6) is 0 Å². The summed E-state index contributed by atoms with van der Waals surface area (Å²) in [4.78, 5) is 46.4. The fourth-order valence-electron chi connectivity index (χ4n) is 1.51. The van der Waals surface area contributed by atoms with Crippen molar-refractivity contribution in [3.8, 4) is 0 Å². The molecule has 0 saturated heterocycles. The SMILES string of the molecule is O=[N+]([O-])c1c(Br)c([N+](=O)[O-])c([N+](=O)[O-])c([N+](=O)[O-])c1[N+](=O)[O-]. The van der Waals surface area contributed by atoms with E-state index in [0.717, 1.165) is 0 Å². The van der Waals surface area contributed by atoms with Gasteiger partial charge in [-0.25, -0.2) is 0 Å². The smallest absolute Gasteiger partial charge is 0.258 e. The molecule has 0 spiro atoms. The molecule has 116 valence electrons. The van der Waals surface area contributed by atoms with E-state index in [2.05, 4.69) is 15.9 Å². The van der Waals surface area contributed by atoms with Gasteiger partial charge >= 0.3 is 28.4 Å². The van der Waals surface area contributed by atoms with Gasteiger partial charge in [-0.3, -0.25) is 50.6 Å². The standard InChI is InChI=1S/C6BrN5O10/c7-1-2(8(13)14)4(10(17)18)6(12(21)22)5(11(19)20)3(1)9(15)16. The average molecular weight is 382 g/mol. The van der Waals surface area contributed by atoms with E-state index in [0.29, 0.717) is 0 Å². The lowest BCUT2D eigenvalue weighted by Gasteiger charge is -2.02. The van der Waals surface area contributed by atoms with Crippen LogP contribution in [0.2, 0.25) is 0 Å². The highest BCUT2D eigenvalue weighted by Gasteiger charge is 2.53. The fourth-order valence-corrected chi connectivity index (χ4v) is 2.17. The van der Waals surface area contributed by atoms with Gasteiger partial charge in [0.25, 0.3) is 0 Å². The van der Waals surface area contributed by atoms with Crippen molar-refractivity contribution < 1.29 is 24.6 Å². The lowest BCUT2D eigenvalue weighted by Crippen LogP contribution is -2.08. The van der Waals surface area contributed by atoms with E-state index in [1.807, 2.05) is 0 Å². The maximum atomic E-state index is 10.8. The third-order valence-electron chi connectivity index (χ3n) is 2.23. The molecular formula is C6BrN5O10. The first kappa shape index (κ1) is 16.8. The predicted molar refractivity (Wildman–Crippen MR) is 67.4 cm³/mol. The molecule has 1 aromatic rings. The number of rotatable bonds is 5. The van der Waals surface area contributed by atoms with E-state index >= 15 is 0 Å². The Morgan fingerprint density at radius 2 is 0.682 bits per heavy atom. The van der Waals surface area contributed by atoms with E-state index in [4.69, 9.17) is 0 Å². The number of hydrogen-bond acceptors (Lipinski definition) is 10. The molecule has 15 nitrogen and oxygen atoms in total. The summed E-state index contributed by atoms with van der Waals surface area (Å²) in [6, 6.07) is 0. The molecule has 0 N–H and O–H groups in total. The van der Waals surface area contributed by atoms with Gasteiger partial charge in [0.05, 0.1) is 24.6 Å². The Hall–Kier alpha value is -3.30. The van der Waals surface area contributed by atoms with Gasteiger partial charge in [-0.1, -0.05) is 0 Å². The molecule has 16 heteroatoms. The van der Waals surface area contributed by atoms with Crippen molar-refractivity contribution in [1.29, 1.82) is 0 Å². The Kier molecular flexibility index (Phi) is 4.26. The molecule has 0 aromatic heterocycles. The second kappa shape index (κ2) is 5.60. The molecule has 22 heavy (non-hydrogen) atoms. The number of benzene rings is 1. The van der Waals surface area contributed by atoms with Gasteiger partial charge in [0.15, 0.2) is 4.47 Å². The van der Waals surface area contributed by atoms with E-state index in [9.17, 15) is 50.6 Å². The quantitative estimate of drug-likeness (QED) is 0.532. The summed E-state index contributed by atoms with van der Waals surface area (Å²) in [5, 5.41) is 54.2. The lowest BCUT2D eigenvalue weighted by atomic mass is 10.1. The molecule has 0 aliphatic carbocycles. The highest BCUT2D eigenvalue weighted by atomic mass is 79.9. The van der Waals surface area contributed by atoms with Crippen LogP contribution >= 0.6 is 15.9 Å². The summed E-state index contributed by atoms with van der Waals surface area (Å²) < 4.78 is -1.22. The van der Waals surface area contributed by atoms with Crippen molar-refractivity contribution in [2.75, 3.05) is 0 Å². The van der Waals surface area contributed by atoms with Gasteiger partial charge in [-0.2, -0.15) is 0 Å². The molecule has 0 aliphatic heterocycles. The van der Waals surface area contributed by atoms with E-state index in [-0.39, 0.29) is 0 Å². The summed E-state index contributed by atoms with van der Waals surface area (Å²) in [5.41, 5.74) is -8.88. The van der Waals surface area contributed by atoms with Crippen molar-refractivity contribution in [3.05, 3.63) is 55.0 Å². The Bertz CT molecular complexity index is 706. The Morgan fingerprint density at radius 1 is 0.500 bits per heavy atom. The fraction of sp³-hybridized carbons (Fsp3) is 0. The average Bonchev–Trinajstić information content (AvgIpc) is 2.34. The van der Waals surface area contributed by atoms with Crippen LogP contribution in [0.15, 0.2) is 4.47 Å². The highest BCUT2D eigenvalue weighted by Crippen LogP contribution is 2.53. The van der Waals surface area contributed by atoms with Crippen LogP contribution < -0.4 is 0 Å². The number of hydrogen-bond donors (Lipinski definition) is 0. The molecule has 0 amide bonds. The number of nitro groups is 5. The van der Waals surface area contributed by atoms with Gasteiger partial charge in [-0.15, -0.1) is 0 Å². The second-order valence-electron chi connectivity index (χ2n) is 3.34. The van der Waals surface area contributed by atoms with Crippen LogP contribution in [0.3, 0.4) is 0 Å². The van der Waals surface area contributed by atoms with Crippen molar-refractivity contribution in [3.63, 3.8) is 0 Å². The topological polar surface area (TPSA) is 216 Å². The summed E-state index contributed by atoms with van der Waals surface area (Å²) in [7, 11) is 0. The second-order valence-corrected chi connectivity index (χ2v) is 4.14. The zero-order valence-corrected chi connectivity index (χ0v) is 11.3. The Labute approximate surface area is 125 Å². The first-order valence-corrected chi connectivity index (χ1v) is 5.43. The summed E-state index contributed by atoms with van der Waals surface area (Å²) in [6.45, 7) is 0. The highest BCUT2D eigenvalue weighted by molar-refractivity contribution is 9.10. The van der Waals surface area contributed by atoms with Crippen LogP contribution in [0.1, 0.15) is 0 Å². The number of halogens is 1. The van der Waals surface area contributed by atoms with E-state index in [1.54, 1.807) is 0 Å². The monoisotopic (exact) mass is 381 g/mol. The largest absolute Gasteiger partial charge is 0.437 e. The maximum absolute atomic E-state index is 10.8. The normalized spacial score (nSPS) is 10.0. The summed E-state index contributed by atoms with van der Waals surface area (Å²) in [6.07, 6.45) is 0. The molecule has 1 aromatic carbocycles. The minimum absolute atomic E-state index is 1.22. The van der Waals surface area contributed by atoms with Crippen LogP contribution in [-0.4, -0.2) is 24.6 Å². The molecule has 0 aliphatic rings. The molecule has 0 saturated carbocycles. The molecule has 0 fully saturated rings. The third-order valence-corrected chi connectivity index (χ3v) is 2.98. The predicted octanol–water partition coefficient (Wildman–Crippen LogP) is 1.99. The van der Waals surface area contributed by atoms with Crippen LogP contribution in [0.4, 0.5) is 28.4 Å². The maximum Gasteiger partial charge on any atom is 0.437 e. The molecule has 0 atom stereocenters. The van der Waals surface area contributed by atoms with E-state index in [1.165, 1.54) is 0 Å². The Balaban J connectivity index is 4.31. The van der Waals surface area contributed by atoms with Crippen LogP contribution in [0, 0.1) is 50.6 Å². The number of nitro benzene ring substituents is 5. The molecule has 0 unspecified atom stereocenters. The van der Waals surface area contributed by atoms with Crippen LogP contribution in [-0.2, 0) is 0 Å². The van der Waals surface area contributed by atoms with Gasteiger partial charge in [0.1, 0.15) is 0 Å². The van der Waals surface area contributed by atoms with Crippen molar-refractivity contribution >= 4 is 44.4 Å². The first-order valence-electron chi connectivity index (χ1n) is 4.63. The van der Waals surface area contributed by atoms with Crippen molar-refractivity contribution in [1.82, 2.24) is 0 Å². The van der Waals surface area contributed by atoms with Crippen LogP contribution in [0.25, 0.3) is 0 Å². The zero-order valence-electron chi connectivity index (χ0n) is 9.70. The van der Waals surface area contributed by atoms with Gasteiger partial charge < -0.3 is 0 Å². The molecule has 0 bridgehead atoms. The van der Waals surface area contributed by atoms with Gasteiger partial charge in [0.2, 0.25) is 0 Å². The number of nitrogens with zero attached hydrogens (tertiary/aromatic N) is 5. The summed E-state index contributed by atoms with van der Waals surface area (Å²) >= 11 is 2.29. The minimum atomic E-state index is -1.95. The van der Waals surface area contributed by atoms with Crippen molar-refractivity contribution in [2.45, 2.75) is 0 Å². The van der Waals surface area contributed by atoms with Gasteiger partial charge in [0, 0.05) is 0 Å². The van der Waals surface area contributed by atoms with Gasteiger partial charge in [-0.05, 0) is 15.9 Å². The molecule has 0 heterocycles. The molecular weight excluding hydrogens is 382 g/mol. The third kappa shape index (κ3) is 2.49. The summed E-state index contributed by atoms with van der Waals surface area (Å²) in [5.74, 6) is 0. The molecule has 0 radical (unpaired) electrons. The zero-order chi connectivity index (χ0) is 17.4.